The summed E-state index contributed by atoms with van der Waals surface area (Å²) in [7, 11) is 0. The monoisotopic (exact) mass is 543 g/mol. The van der Waals surface area contributed by atoms with Crippen LogP contribution in [0.3, 0.4) is 0 Å². The third-order valence-electron chi connectivity index (χ3n) is 3.31. The maximum absolute atomic E-state index is 10.0. The minimum atomic E-state index is -3.81. The van der Waals surface area contributed by atoms with Gasteiger partial charge in [0.2, 0.25) is 0 Å². The van der Waals surface area contributed by atoms with E-state index in [9.17, 15) is 10.2 Å². The van der Waals surface area contributed by atoms with Gasteiger partial charge in [-0.05, 0) is 23.6 Å². The first-order valence-electron chi connectivity index (χ1n) is 7.50. The second-order valence-electron chi connectivity index (χ2n) is 5.81. The average molecular weight is 543 g/mol. The van der Waals surface area contributed by atoms with Gasteiger partial charge in [0.15, 0.2) is 11.5 Å². The fourth-order valence-electron chi connectivity index (χ4n) is 2.35. The Morgan fingerprint density at radius 3 is 1.97 bits per heavy atom. The van der Waals surface area contributed by atoms with Gasteiger partial charge in [-0.3, -0.25) is 4.57 Å². The number of ether oxygens (including phenoxy) is 1. The van der Waals surface area contributed by atoms with Gasteiger partial charge in [0.25, 0.3) is 0 Å². The highest BCUT2D eigenvalue weighted by Gasteiger charge is 2.48. The number of rotatable bonds is 2. The number of nitrogens with zero attached hydrogens (tertiary/aromatic N) is 4. The molecular formula is C10H27N9O9P2S2. The Balaban J connectivity index is 0. The Kier molecular flexibility index (Phi) is 13.1. The molecule has 0 aromatic carbocycles. The molecule has 1 saturated heterocycles. The number of anilines is 1. The smallest absolute Gasteiger partial charge is 0.319 e. The first kappa shape index (κ1) is 33.3. The molecule has 1 aliphatic rings. The first-order valence-corrected chi connectivity index (χ1v) is 12.8. The van der Waals surface area contributed by atoms with Crippen molar-refractivity contribution < 1.29 is 44.3 Å². The number of hydrogen-bond acceptors (Lipinski definition) is 13. The zero-order chi connectivity index (χ0) is 23.5. The number of fused-ring (bicyclic) bond motifs is 1. The molecule has 2 aromatic rings. The van der Waals surface area contributed by atoms with Gasteiger partial charge in [-0.15, -0.1) is 0 Å². The molecule has 1 fully saturated rings. The number of aliphatic hydroxyl groups excluding tert-OH is 1. The van der Waals surface area contributed by atoms with E-state index < -0.39 is 37.7 Å². The summed E-state index contributed by atoms with van der Waals surface area (Å²) in [5.74, 6) is 0.241. The van der Waals surface area contributed by atoms with Crippen LogP contribution < -0.4 is 29.5 Å². The predicted octanol–water partition coefficient (Wildman–Crippen LogP) is -3.68. The van der Waals surface area contributed by atoms with Gasteiger partial charge in [0, 0.05) is 6.42 Å². The molecule has 3 heterocycles. The third kappa shape index (κ3) is 11.3. The molecule has 4 atom stereocenters. The van der Waals surface area contributed by atoms with Crippen molar-refractivity contribution in [1.29, 1.82) is 0 Å². The second kappa shape index (κ2) is 12.6. The van der Waals surface area contributed by atoms with Crippen LogP contribution in [0.25, 0.3) is 11.2 Å². The van der Waals surface area contributed by atoms with Gasteiger partial charge < -0.3 is 73.8 Å². The topological polar surface area (TPSA) is 363 Å². The minimum absolute atomic E-state index is 0. The molecule has 0 saturated carbocycles. The molecule has 3 rings (SSSR count). The summed E-state index contributed by atoms with van der Waals surface area (Å²) in [6, 6.07) is 0. The maximum Gasteiger partial charge on any atom is 0.319 e. The van der Waals surface area contributed by atoms with Crippen molar-refractivity contribution in [2.75, 3.05) is 5.73 Å². The molecule has 1 unspecified atom stereocenters. The summed E-state index contributed by atoms with van der Waals surface area (Å²) >= 11 is 7.21. The van der Waals surface area contributed by atoms with E-state index in [1.807, 2.05) is 0 Å². The van der Waals surface area contributed by atoms with Crippen LogP contribution in [-0.4, -0.2) is 77.1 Å². The molecule has 0 bridgehead atoms. The normalized spacial score (nSPS) is 23.6. The second-order valence-corrected chi connectivity index (χ2v) is 10.8. The summed E-state index contributed by atoms with van der Waals surface area (Å²) in [5, 5.41) is 19.4. The number of nitrogen functional groups attached to an aromatic ring is 1. The zero-order valence-electron chi connectivity index (χ0n) is 16.2. The molecule has 0 aliphatic carbocycles. The maximum atomic E-state index is 10.0. The molecule has 2 aromatic heterocycles. The minimum Gasteiger partial charge on any atom is -0.382 e. The molecule has 22 heteroatoms. The molecule has 188 valence electrons. The van der Waals surface area contributed by atoms with Gasteiger partial charge in [-0.25, -0.2) is 15.0 Å². The lowest BCUT2D eigenvalue weighted by Crippen LogP contribution is -2.55. The van der Waals surface area contributed by atoms with Crippen LogP contribution in [0.4, 0.5) is 5.82 Å². The predicted molar refractivity (Wildman–Crippen MR) is 120 cm³/mol. The van der Waals surface area contributed by atoms with Crippen LogP contribution in [-0.2, 0) is 28.4 Å². The summed E-state index contributed by atoms with van der Waals surface area (Å²) in [6.45, 7) is -7.61. The van der Waals surface area contributed by atoms with Crippen LogP contribution >= 0.6 is 13.4 Å². The highest BCUT2D eigenvalue weighted by Crippen LogP contribution is 2.35. The lowest BCUT2D eigenvalue weighted by molar-refractivity contribution is -0.111. The van der Waals surface area contributed by atoms with Crippen LogP contribution in [0.5, 0.6) is 0 Å². The van der Waals surface area contributed by atoms with Crippen LogP contribution in [0.2, 0.25) is 0 Å². The summed E-state index contributed by atoms with van der Waals surface area (Å²) < 4.78 is 7.07. The Hall–Kier alpha value is -0.870. The Labute approximate surface area is 191 Å². The average Bonchev–Trinajstić information content (AvgIpc) is 3.05. The summed E-state index contributed by atoms with van der Waals surface area (Å²) in [5.41, 5.74) is 15.9. The van der Waals surface area contributed by atoms with Crippen molar-refractivity contribution in [3.05, 3.63) is 12.7 Å². The van der Waals surface area contributed by atoms with Gasteiger partial charge in [0.1, 0.15) is 36.1 Å². The van der Waals surface area contributed by atoms with E-state index in [0.717, 1.165) is 0 Å². The molecule has 0 spiro atoms. The van der Waals surface area contributed by atoms with Crippen molar-refractivity contribution in [3.63, 3.8) is 0 Å². The van der Waals surface area contributed by atoms with Crippen LogP contribution in [0.15, 0.2) is 12.7 Å². The van der Waals surface area contributed by atoms with Crippen molar-refractivity contribution in [1.82, 2.24) is 31.8 Å². The number of imidazole rings is 1. The number of hydrogen-bond donors (Lipinski definition) is 13. The van der Waals surface area contributed by atoms with Gasteiger partial charge in [-0.2, -0.15) is 0 Å². The lowest BCUT2D eigenvalue weighted by Gasteiger charge is -2.24. The number of aromatic nitrogens is 4. The van der Waals surface area contributed by atoms with E-state index in [-0.39, 0.29) is 24.5 Å². The Morgan fingerprint density at radius 2 is 1.56 bits per heavy atom. The summed E-state index contributed by atoms with van der Waals surface area (Å²) in [4.78, 5) is 57.4. The molecule has 0 radical (unpaired) electrons. The highest BCUT2D eigenvalue weighted by molar-refractivity contribution is 8.06. The molecule has 0 amide bonds. The van der Waals surface area contributed by atoms with E-state index in [1.165, 1.54) is 12.7 Å². The molecule has 32 heavy (non-hydrogen) atoms. The van der Waals surface area contributed by atoms with Crippen molar-refractivity contribution >= 4 is 54.0 Å². The van der Waals surface area contributed by atoms with Gasteiger partial charge in [-0.1, -0.05) is 0 Å². The largest absolute Gasteiger partial charge is 0.382 e. The van der Waals surface area contributed by atoms with Gasteiger partial charge in [0.05, 0.1) is 6.33 Å². The van der Waals surface area contributed by atoms with Crippen molar-refractivity contribution in [2.45, 2.75) is 30.7 Å². The standard InChI is InChI=1S/C10H15N7O3.2H3N.2H3O3PS/c11-7-5-9(15-2-14-7)17(3-16-5)4-1-10(13,19)6(20-4)8(12)18;;;2*1-4(2,3)5/h2-4,6,8,18-19H,1,12-13H2,(H2,11,14,15);2*1H3;2*(H3,1,2,3,5)/t4-,6-,8?,10+;;;;/m1..../s1. The van der Waals surface area contributed by atoms with Crippen molar-refractivity contribution in [2.24, 2.45) is 11.5 Å². The number of aliphatic hydroxyl groups is 2. The SMILES string of the molecule is N.N.Nc1ncnc2c1ncn2[C@H]1C[C@](N)(O)[C@@H](C(N)O)O1.OP(O)(O)=S.OP(O)(O)=S. The third-order valence-corrected chi connectivity index (χ3v) is 3.31. The lowest BCUT2D eigenvalue weighted by atomic mass is 10.1. The molecule has 1 aliphatic heterocycles. The van der Waals surface area contributed by atoms with E-state index in [1.54, 1.807) is 4.57 Å². The van der Waals surface area contributed by atoms with Crippen molar-refractivity contribution in [3.8, 4) is 0 Å². The quantitative estimate of drug-likeness (QED) is 0.128. The molecule has 20 N–H and O–H groups in total. The van der Waals surface area contributed by atoms with Crippen LogP contribution in [0.1, 0.15) is 12.6 Å². The van der Waals surface area contributed by atoms with E-state index in [4.69, 9.17) is 51.3 Å². The highest BCUT2D eigenvalue weighted by atomic mass is 32.5. The van der Waals surface area contributed by atoms with Gasteiger partial charge >= 0.3 is 13.4 Å². The Bertz CT molecular complexity index is 916. The zero-order valence-corrected chi connectivity index (χ0v) is 19.6. The molecule has 18 nitrogen and oxygen atoms in total. The first-order chi connectivity index (χ1) is 13.4. The molecular weight excluding hydrogens is 516 g/mol. The van der Waals surface area contributed by atoms with E-state index in [2.05, 4.69) is 38.6 Å². The fraction of sp³-hybridized carbons (Fsp3) is 0.500. The number of nitrogens with two attached hydrogens (primary N) is 3. The van der Waals surface area contributed by atoms with E-state index in [0.29, 0.717) is 11.2 Å². The Morgan fingerprint density at radius 1 is 1.09 bits per heavy atom. The summed E-state index contributed by atoms with van der Waals surface area (Å²) in [6.07, 6.45) is -0.376. The van der Waals surface area contributed by atoms with E-state index >= 15 is 0 Å². The fourth-order valence-corrected chi connectivity index (χ4v) is 2.35. The van der Waals surface area contributed by atoms with Crippen LogP contribution in [0, 0.1) is 0 Å².